The first-order valence-electron chi connectivity index (χ1n) is 6.50. The monoisotopic (exact) mass is 273 g/mol. The third-order valence-corrected chi connectivity index (χ3v) is 2.91. The van der Waals surface area contributed by atoms with Crippen LogP contribution in [0.1, 0.15) is 30.0 Å². The highest BCUT2D eigenvalue weighted by molar-refractivity contribution is 5.89. The van der Waals surface area contributed by atoms with Crippen molar-refractivity contribution in [2.24, 2.45) is 5.73 Å². The van der Waals surface area contributed by atoms with Crippen LogP contribution in [-0.2, 0) is 6.54 Å². The van der Waals surface area contributed by atoms with E-state index in [-0.39, 0.29) is 12.1 Å². The van der Waals surface area contributed by atoms with Crippen molar-refractivity contribution >= 4 is 11.7 Å². The molecule has 0 bridgehead atoms. The molecule has 1 heterocycles. The summed E-state index contributed by atoms with van der Waals surface area (Å²) >= 11 is 0. The fourth-order valence-corrected chi connectivity index (χ4v) is 1.79. The van der Waals surface area contributed by atoms with E-state index in [1.54, 1.807) is 0 Å². The van der Waals surface area contributed by atoms with Gasteiger partial charge in [0, 0.05) is 11.7 Å². The first kappa shape index (κ1) is 14.1. The lowest BCUT2D eigenvalue weighted by molar-refractivity contribution is 0.250. The predicted octanol–water partition coefficient (Wildman–Crippen LogP) is 2.93. The van der Waals surface area contributed by atoms with Crippen molar-refractivity contribution in [1.82, 2.24) is 5.32 Å². The highest BCUT2D eigenvalue weighted by Gasteiger charge is 2.04. The Kier molecular flexibility index (Phi) is 4.42. The van der Waals surface area contributed by atoms with Gasteiger partial charge in [-0.2, -0.15) is 0 Å². The van der Waals surface area contributed by atoms with Crippen LogP contribution < -0.4 is 16.4 Å². The lowest BCUT2D eigenvalue weighted by atomic mass is 10.1. The van der Waals surface area contributed by atoms with Gasteiger partial charge in [-0.1, -0.05) is 12.1 Å². The van der Waals surface area contributed by atoms with Crippen LogP contribution in [0.2, 0.25) is 0 Å². The maximum absolute atomic E-state index is 11.7. The zero-order valence-corrected chi connectivity index (χ0v) is 11.6. The number of rotatable bonds is 4. The number of carbonyl (C=O) groups excluding carboxylic acids is 1. The fraction of sp³-hybridized carbons (Fsp3) is 0.267. The van der Waals surface area contributed by atoms with Crippen LogP contribution in [0.5, 0.6) is 0 Å². The van der Waals surface area contributed by atoms with Crippen LogP contribution >= 0.6 is 0 Å². The molecular weight excluding hydrogens is 254 g/mol. The zero-order chi connectivity index (χ0) is 14.5. The second kappa shape index (κ2) is 6.25. The van der Waals surface area contributed by atoms with E-state index < -0.39 is 0 Å². The van der Waals surface area contributed by atoms with Crippen LogP contribution in [0.4, 0.5) is 10.5 Å². The summed E-state index contributed by atoms with van der Waals surface area (Å²) in [5.74, 6) is 1.55. The summed E-state index contributed by atoms with van der Waals surface area (Å²) in [5.41, 5.74) is 7.52. The normalized spacial score (nSPS) is 11.9. The molecule has 2 rings (SSSR count). The number of nitrogens with two attached hydrogens (primary N) is 1. The van der Waals surface area contributed by atoms with Crippen molar-refractivity contribution in [2.75, 3.05) is 5.32 Å². The second-order valence-corrected chi connectivity index (χ2v) is 4.73. The summed E-state index contributed by atoms with van der Waals surface area (Å²) in [6.45, 7) is 4.14. The molecule has 106 valence electrons. The minimum atomic E-state index is -0.271. The summed E-state index contributed by atoms with van der Waals surface area (Å²) in [4.78, 5) is 11.7. The van der Waals surface area contributed by atoms with E-state index in [0.29, 0.717) is 6.54 Å². The van der Waals surface area contributed by atoms with Gasteiger partial charge in [0.15, 0.2) is 0 Å². The molecule has 1 atom stereocenters. The topological polar surface area (TPSA) is 80.3 Å². The van der Waals surface area contributed by atoms with Gasteiger partial charge in [-0.05, 0) is 43.7 Å². The van der Waals surface area contributed by atoms with E-state index in [1.807, 2.05) is 50.2 Å². The molecule has 5 heteroatoms. The van der Waals surface area contributed by atoms with Crippen LogP contribution in [0, 0.1) is 6.92 Å². The SMILES string of the molecule is Cc1ccc(CNC(=O)Nc2ccc(C(C)N)cc2)o1. The third kappa shape index (κ3) is 3.86. The van der Waals surface area contributed by atoms with Gasteiger partial charge < -0.3 is 20.8 Å². The number of nitrogens with one attached hydrogen (secondary N) is 2. The Bertz CT molecular complexity index is 573. The van der Waals surface area contributed by atoms with Crippen molar-refractivity contribution in [2.45, 2.75) is 26.4 Å². The number of benzene rings is 1. The van der Waals surface area contributed by atoms with Crippen LogP contribution in [0.25, 0.3) is 0 Å². The van der Waals surface area contributed by atoms with Gasteiger partial charge in [0.2, 0.25) is 0 Å². The first-order valence-corrected chi connectivity index (χ1v) is 6.50. The summed E-state index contributed by atoms with van der Waals surface area (Å²) in [6, 6.07) is 10.9. The molecule has 0 fully saturated rings. The summed E-state index contributed by atoms with van der Waals surface area (Å²) in [6.07, 6.45) is 0. The highest BCUT2D eigenvalue weighted by atomic mass is 16.3. The number of furan rings is 1. The Balaban J connectivity index is 1.84. The molecule has 0 aliphatic carbocycles. The van der Waals surface area contributed by atoms with Crippen molar-refractivity contribution in [1.29, 1.82) is 0 Å². The van der Waals surface area contributed by atoms with Gasteiger partial charge in [-0.15, -0.1) is 0 Å². The highest BCUT2D eigenvalue weighted by Crippen LogP contribution is 2.14. The van der Waals surface area contributed by atoms with Crippen LogP contribution in [0.3, 0.4) is 0 Å². The van der Waals surface area contributed by atoms with Crippen molar-refractivity contribution in [3.05, 3.63) is 53.5 Å². The quantitative estimate of drug-likeness (QED) is 0.801. The average Bonchev–Trinajstić information content (AvgIpc) is 2.83. The number of hydrogen-bond donors (Lipinski definition) is 3. The molecule has 1 aromatic carbocycles. The predicted molar refractivity (Wildman–Crippen MR) is 78.3 cm³/mol. The Morgan fingerprint density at radius 1 is 1.25 bits per heavy atom. The van der Waals surface area contributed by atoms with Gasteiger partial charge in [0.05, 0.1) is 6.54 Å². The molecule has 2 aromatic rings. The number of amides is 2. The van der Waals surface area contributed by atoms with E-state index in [0.717, 1.165) is 22.8 Å². The lowest BCUT2D eigenvalue weighted by Gasteiger charge is -2.09. The summed E-state index contributed by atoms with van der Waals surface area (Å²) in [5, 5.41) is 5.48. The van der Waals surface area contributed by atoms with Gasteiger partial charge in [0.1, 0.15) is 11.5 Å². The van der Waals surface area contributed by atoms with Gasteiger partial charge in [0.25, 0.3) is 0 Å². The molecule has 0 spiro atoms. The first-order chi connectivity index (χ1) is 9.54. The summed E-state index contributed by atoms with van der Waals surface area (Å²) in [7, 11) is 0. The molecule has 2 amide bonds. The van der Waals surface area contributed by atoms with Crippen molar-refractivity contribution in [3.63, 3.8) is 0 Å². The minimum Gasteiger partial charge on any atom is -0.465 e. The molecule has 0 radical (unpaired) electrons. The van der Waals surface area contributed by atoms with E-state index in [9.17, 15) is 4.79 Å². The smallest absolute Gasteiger partial charge is 0.319 e. The molecule has 4 N–H and O–H groups in total. The summed E-state index contributed by atoms with van der Waals surface area (Å²) < 4.78 is 5.37. The van der Waals surface area contributed by atoms with Crippen LogP contribution in [-0.4, -0.2) is 6.03 Å². The maximum atomic E-state index is 11.7. The molecule has 20 heavy (non-hydrogen) atoms. The molecule has 0 aliphatic heterocycles. The van der Waals surface area contributed by atoms with E-state index in [4.69, 9.17) is 10.2 Å². The molecule has 0 aliphatic rings. The Morgan fingerprint density at radius 2 is 1.95 bits per heavy atom. The molecule has 1 unspecified atom stereocenters. The number of anilines is 1. The molecule has 1 aromatic heterocycles. The zero-order valence-electron chi connectivity index (χ0n) is 11.6. The Hall–Kier alpha value is -2.27. The van der Waals surface area contributed by atoms with E-state index in [2.05, 4.69) is 10.6 Å². The fourth-order valence-electron chi connectivity index (χ4n) is 1.79. The standard InChI is InChI=1S/C15H19N3O2/c1-10-3-8-14(20-10)9-17-15(19)18-13-6-4-12(5-7-13)11(2)16/h3-8,11H,9,16H2,1-2H3,(H2,17,18,19). The number of aryl methyl sites for hydroxylation is 1. The van der Waals surface area contributed by atoms with E-state index >= 15 is 0 Å². The van der Waals surface area contributed by atoms with Crippen molar-refractivity contribution < 1.29 is 9.21 Å². The van der Waals surface area contributed by atoms with Crippen LogP contribution in [0.15, 0.2) is 40.8 Å². The Labute approximate surface area is 118 Å². The Morgan fingerprint density at radius 3 is 2.50 bits per heavy atom. The average molecular weight is 273 g/mol. The van der Waals surface area contributed by atoms with Gasteiger partial charge >= 0.3 is 6.03 Å². The van der Waals surface area contributed by atoms with Gasteiger partial charge in [-0.3, -0.25) is 0 Å². The third-order valence-electron chi connectivity index (χ3n) is 2.91. The second-order valence-electron chi connectivity index (χ2n) is 4.73. The number of carbonyl (C=O) groups is 1. The van der Waals surface area contributed by atoms with Crippen molar-refractivity contribution in [3.8, 4) is 0 Å². The number of urea groups is 1. The number of hydrogen-bond acceptors (Lipinski definition) is 3. The maximum Gasteiger partial charge on any atom is 0.319 e. The molecule has 0 saturated heterocycles. The largest absolute Gasteiger partial charge is 0.465 e. The lowest BCUT2D eigenvalue weighted by Crippen LogP contribution is -2.28. The molecule has 5 nitrogen and oxygen atoms in total. The van der Waals surface area contributed by atoms with E-state index in [1.165, 1.54) is 0 Å². The molecular formula is C15H19N3O2. The molecule has 0 saturated carbocycles. The van der Waals surface area contributed by atoms with Gasteiger partial charge in [-0.25, -0.2) is 4.79 Å². The minimum absolute atomic E-state index is 0.0138.